The molecule has 0 unspecified atom stereocenters. The second kappa shape index (κ2) is 8.07. The van der Waals surface area contributed by atoms with Gasteiger partial charge in [-0.3, -0.25) is 0 Å². The van der Waals surface area contributed by atoms with Gasteiger partial charge in [-0.1, -0.05) is 0 Å². The van der Waals surface area contributed by atoms with Crippen LogP contribution in [0.15, 0.2) is 91.0 Å². The van der Waals surface area contributed by atoms with E-state index in [1.54, 1.807) is 0 Å². The summed E-state index contributed by atoms with van der Waals surface area (Å²) in [6.07, 6.45) is 0. The molecule has 0 aliphatic heterocycles. The van der Waals surface area contributed by atoms with Gasteiger partial charge >= 0.3 is 164 Å². The van der Waals surface area contributed by atoms with Crippen LogP contribution in [0, 0.1) is 0 Å². The Morgan fingerprint density at radius 1 is 0.565 bits per heavy atom. The zero-order valence-electron chi connectivity index (χ0n) is 13.6. The van der Waals surface area contributed by atoms with Crippen LogP contribution in [-0.2, 0) is 0 Å². The minimum absolute atomic E-state index is 0. The topological polar surface area (TPSA) is 33.5 Å². The molecule has 3 rings (SSSR count). The van der Waals surface area contributed by atoms with E-state index in [1.807, 2.05) is 0 Å². The summed E-state index contributed by atoms with van der Waals surface area (Å²) in [5, 5.41) is 1.48. The van der Waals surface area contributed by atoms with Crippen LogP contribution in [0.5, 0.6) is 0 Å². The van der Waals surface area contributed by atoms with Crippen molar-refractivity contribution in [3.63, 3.8) is 0 Å². The molecule has 0 radical (unpaired) electrons. The SMILES string of the molecule is CP(Br)(c1ccccc1)(c1ccccc1)c1ccccc1.[NH2-].[Na+]. The van der Waals surface area contributed by atoms with Gasteiger partial charge < -0.3 is 6.15 Å². The zero-order valence-corrected chi connectivity index (χ0v) is 18.0. The summed E-state index contributed by atoms with van der Waals surface area (Å²) in [5.41, 5.74) is 0. The molecule has 2 N–H and O–H groups in total. The Bertz CT molecular complexity index is 630. The van der Waals surface area contributed by atoms with E-state index in [9.17, 15) is 0 Å². The van der Waals surface area contributed by atoms with Crippen LogP contribution in [-0.4, -0.2) is 6.66 Å². The Balaban J connectivity index is 0.00000132. The van der Waals surface area contributed by atoms with E-state index in [0.717, 1.165) is 0 Å². The minimum Gasteiger partial charge on any atom is -0.693 e. The molecule has 0 amide bonds. The third-order valence-electron chi connectivity index (χ3n) is 4.11. The predicted molar refractivity (Wildman–Crippen MR) is 105 cm³/mol. The summed E-state index contributed by atoms with van der Waals surface area (Å²) in [6, 6.07) is 32.3. The van der Waals surface area contributed by atoms with Gasteiger partial charge in [-0.15, -0.1) is 0 Å². The fourth-order valence-corrected chi connectivity index (χ4v) is 8.46. The van der Waals surface area contributed by atoms with Crippen LogP contribution in [0.1, 0.15) is 0 Å². The molecule has 0 saturated carbocycles. The van der Waals surface area contributed by atoms with Crippen molar-refractivity contribution in [1.82, 2.24) is 0 Å². The molecule has 0 bridgehead atoms. The molecule has 1 nitrogen and oxygen atoms in total. The first-order chi connectivity index (χ1) is 10.1. The minimum atomic E-state index is -2.56. The Morgan fingerprint density at radius 2 is 0.783 bits per heavy atom. The maximum atomic E-state index is 4.24. The van der Waals surface area contributed by atoms with Crippen LogP contribution in [0.2, 0.25) is 0 Å². The molecule has 0 aliphatic rings. The normalized spacial score (nSPS) is 12.2. The standard InChI is InChI=1S/C19H18BrP.H2N.Na/c1-21(20,17-11-5-2-6-12-17,18-13-7-3-8-14-18)19-15-9-4-10-16-19;;/h2-16H,1H3;1H2;/q;-1;+1. The van der Waals surface area contributed by atoms with Crippen molar-refractivity contribution >= 4 is 36.7 Å². The third-order valence-corrected chi connectivity index (χ3v) is 12.4. The van der Waals surface area contributed by atoms with E-state index in [0.29, 0.717) is 0 Å². The smallest absolute Gasteiger partial charge is 0.693 e. The van der Waals surface area contributed by atoms with Crippen molar-refractivity contribution in [2.45, 2.75) is 0 Å². The molecule has 0 heterocycles. The molecule has 23 heavy (non-hydrogen) atoms. The van der Waals surface area contributed by atoms with Crippen molar-refractivity contribution in [1.29, 1.82) is 0 Å². The summed E-state index contributed by atoms with van der Waals surface area (Å²) in [6.45, 7) is 2.37. The molecule has 0 aromatic heterocycles. The largest absolute Gasteiger partial charge is 1.00 e. The Morgan fingerprint density at radius 3 is 1.00 bits per heavy atom. The summed E-state index contributed by atoms with van der Waals surface area (Å²) >= 11 is 4.24. The number of hydrogen-bond acceptors (Lipinski definition) is 0. The molecule has 0 saturated heterocycles. The van der Waals surface area contributed by atoms with Crippen molar-refractivity contribution in [2.24, 2.45) is 0 Å². The van der Waals surface area contributed by atoms with Gasteiger partial charge in [-0.05, 0) is 0 Å². The first kappa shape index (κ1) is 20.6. The third kappa shape index (κ3) is 3.64. The maximum Gasteiger partial charge on any atom is 1.00 e. The monoisotopic (exact) mass is 395 g/mol. The van der Waals surface area contributed by atoms with Crippen molar-refractivity contribution in [2.75, 3.05) is 6.66 Å². The molecular weight excluding hydrogens is 376 g/mol. The van der Waals surface area contributed by atoms with Crippen molar-refractivity contribution < 1.29 is 29.6 Å². The van der Waals surface area contributed by atoms with E-state index in [-0.39, 0.29) is 35.7 Å². The van der Waals surface area contributed by atoms with Crippen LogP contribution >= 0.6 is 20.8 Å². The molecule has 3 aromatic carbocycles. The van der Waals surface area contributed by atoms with Gasteiger partial charge in [0.1, 0.15) is 0 Å². The van der Waals surface area contributed by atoms with Gasteiger partial charge in [0.2, 0.25) is 0 Å². The van der Waals surface area contributed by atoms with Gasteiger partial charge in [-0.25, -0.2) is 0 Å². The molecule has 0 atom stereocenters. The summed E-state index contributed by atoms with van der Waals surface area (Å²) in [5.74, 6) is 0. The molecule has 4 heteroatoms. The first-order valence-corrected chi connectivity index (χ1v) is 11.7. The quantitative estimate of drug-likeness (QED) is 0.481. The fourth-order valence-electron chi connectivity index (χ4n) is 2.79. The second-order valence-electron chi connectivity index (χ2n) is 5.44. The summed E-state index contributed by atoms with van der Waals surface area (Å²) in [7, 11) is 0. The average molecular weight is 396 g/mol. The van der Waals surface area contributed by atoms with E-state index in [1.165, 1.54) is 15.9 Å². The van der Waals surface area contributed by atoms with Crippen LogP contribution in [0.3, 0.4) is 0 Å². The number of benzene rings is 3. The van der Waals surface area contributed by atoms with Gasteiger partial charge in [0, 0.05) is 0 Å². The molecule has 0 aliphatic carbocycles. The molecule has 3 aromatic rings. The second-order valence-corrected chi connectivity index (χ2v) is 15.2. The van der Waals surface area contributed by atoms with Crippen molar-refractivity contribution in [3.8, 4) is 0 Å². The summed E-state index contributed by atoms with van der Waals surface area (Å²) < 4.78 is 0. The number of nitrogens with two attached hydrogens (primary N) is 1. The molecule has 0 fully saturated rings. The zero-order chi connectivity index (χ0) is 14.8. The maximum absolute atomic E-state index is 4.24. The number of halogens is 1. The van der Waals surface area contributed by atoms with E-state index in [4.69, 9.17) is 0 Å². The van der Waals surface area contributed by atoms with Gasteiger partial charge in [0.15, 0.2) is 0 Å². The Hall–Kier alpha value is -0.470. The van der Waals surface area contributed by atoms with Crippen LogP contribution in [0.4, 0.5) is 0 Å². The Kier molecular flexibility index (Phi) is 7.22. The molecule has 0 spiro atoms. The van der Waals surface area contributed by atoms with E-state index in [2.05, 4.69) is 113 Å². The van der Waals surface area contributed by atoms with Gasteiger partial charge in [-0.2, -0.15) is 0 Å². The average Bonchev–Trinajstić information content (AvgIpc) is 2.57. The van der Waals surface area contributed by atoms with E-state index >= 15 is 0 Å². The van der Waals surface area contributed by atoms with Gasteiger partial charge in [0.05, 0.1) is 0 Å². The molecular formula is C19H20BrNNaP. The number of hydrogen-bond donors (Lipinski definition) is 0. The molecule has 114 valence electrons. The van der Waals surface area contributed by atoms with Crippen LogP contribution in [0.25, 0.3) is 6.15 Å². The first-order valence-electron chi connectivity index (χ1n) is 7.02. The van der Waals surface area contributed by atoms with E-state index < -0.39 is 5.31 Å². The predicted octanol–water partition coefficient (Wildman–Crippen LogP) is 2.18. The van der Waals surface area contributed by atoms with Crippen molar-refractivity contribution in [3.05, 3.63) is 97.1 Å². The Labute approximate surface area is 169 Å². The fraction of sp³-hybridized carbons (Fsp3) is 0.0526. The van der Waals surface area contributed by atoms with Gasteiger partial charge in [0.25, 0.3) is 0 Å². The van der Waals surface area contributed by atoms with Crippen LogP contribution < -0.4 is 45.5 Å². The number of rotatable bonds is 3. The summed E-state index contributed by atoms with van der Waals surface area (Å²) in [4.78, 5) is 0.